The maximum absolute atomic E-state index is 10.8. The van der Waals surface area contributed by atoms with Crippen LogP contribution < -0.4 is 5.32 Å². The quantitative estimate of drug-likeness (QED) is 0.868. The summed E-state index contributed by atoms with van der Waals surface area (Å²) in [5.41, 5.74) is 2.64. The number of carbonyl (C=O) groups excluding carboxylic acids is 1. The first-order valence-electron chi connectivity index (χ1n) is 5.78. The second kappa shape index (κ2) is 5.36. The zero-order chi connectivity index (χ0) is 13.0. The van der Waals surface area contributed by atoms with Crippen LogP contribution in [0.1, 0.15) is 12.5 Å². The van der Waals surface area contributed by atoms with Gasteiger partial charge in [0, 0.05) is 19.0 Å². The fourth-order valence-electron chi connectivity index (χ4n) is 1.78. The molecule has 0 aromatic heterocycles. The van der Waals surface area contributed by atoms with E-state index in [0.717, 1.165) is 16.7 Å². The van der Waals surface area contributed by atoms with E-state index in [4.69, 9.17) is 0 Å². The van der Waals surface area contributed by atoms with Gasteiger partial charge in [-0.15, -0.1) is 0 Å². The molecule has 2 rings (SSSR count). The molecule has 0 saturated heterocycles. The van der Waals surface area contributed by atoms with E-state index in [2.05, 4.69) is 5.32 Å². The molecule has 18 heavy (non-hydrogen) atoms. The molecule has 2 aromatic rings. The highest BCUT2D eigenvalue weighted by Crippen LogP contribution is 2.29. The summed E-state index contributed by atoms with van der Waals surface area (Å²) in [5.74, 6) is 0.144. The maximum Gasteiger partial charge on any atom is 0.217 e. The van der Waals surface area contributed by atoms with Gasteiger partial charge in [0.2, 0.25) is 5.91 Å². The summed E-state index contributed by atoms with van der Waals surface area (Å²) >= 11 is 0. The van der Waals surface area contributed by atoms with E-state index < -0.39 is 0 Å². The van der Waals surface area contributed by atoms with Gasteiger partial charge in [-0.2, -0.15) is 0 Å². The Kier molecular flexibility index (Phi) is 3.63. The number of carbonyl (C=O) groups is 1. The molecular formula is C15H15NO2. The summed E-state index contributed by atoms with van der Waals surface area (Å²) in [6.07, 6.45) is 0. The molecule has 0 saturated carbocycles. The number of hydrogen-bond acceptors (Lipinski definition) is 2. The van der Waals surface area contributed by atoms with Crippen LogP contribution in [-0.4, -0.2) is 11.0 Å². The average Bonchev–Trinajstić information content (AvgIpc) is 2.37. The number of aromatic hydroxyl groups is 1. The lowest BCUT2D eigenvalue weighted by atomic mass is 10.0. The van der Waals surface area contributed by atoms with Crippen LogP contribution in [0.5, 0.6) is 5.75 Å². The Morgan fingerprint density at radius 3 is 2.50 bits per heavy atom. The Morgan fingerprint density at radius 1 is 1.17 bits per heavy atom. The number of hydrogen-bond donors (Lipinski definition) is 2. The lowest BCUT2D eigenvalue weighted by Crippen LogP contribution is -2.18. The zero-order valence-corrected chi connectivity index (χ0v) is 10.2. The monoisotopic (exact) mass is 241 g/mol. The van der Waals surface area contributed by atoms with Crippen LogP contribution in [0.15, 0.2) is 48.5 Å². The Labute approximate surface area is 106 Å². The normalized spacial score (nSPS) is 10.1. The van der Waals surface area contributed by atoms with E-state index in [0.29, 0.717) is 6.54 Å². The number of benzene rings is 2. The van der Waals surface area contributed by atoms with E-state index in [9.17, 15) is 9.90 Å². The van der Waals surface area contributed by atoms with Crippen LogP contribution in [0.3, 0.4) is 0 Å². The second-order valence-electron chi connectivity index (χ2n) is 4.13. The molecule has 1 amide bonds. The minimum atomic E-state index is -0.0818. The summed E-state index contributed by atoms with van der Waals surface area (Å²) in [6.45, 7) is 1.90. The smallest absolute Gasteiger partial charge is 0.217 e. The predicted molar refractivity (Wildman–Crippen MR) is 71.1 cm³/mol. The molecule has 2 aromatic carbocycles. The van der Waals surface area contributed by atoms with Gasteiger partial charge < -0.3 is 10.4 Å². The third kappa shape index (κ3) is 2.88. The number of nitrogens with one attached hydrogen (secondary N) is 1. The summed E-state index contributed by atoms with van der Waals surface area (Å²) in [7, 11) is 0. The van der Waals surface area contributed by atoms with Gasteiger partial charge in [-0.05, 0) is 17.2 Å². The summed E-state index contributed by atoms with van der Waals surface area (Å²) in [6, 6.07) is 15.1. The second-order valence-corrected chi connectivity index (χ2v) is 4.13. The van der Waals surface area contributed by atoms with E-state index in [-0.39, 0.29) is 11.7 Å². The Hall–Kier alpha value is -2.29. The van der Waals surface area contributed by atoms with Crippen molar-refractivity contribution in [1.82, 2.24) is 5.32 Å². The van der Waals surface area contributed by atoms with Gasteiger partial charge >= 0.3 is 0 Å². The first-order valence-corrected chi connectivity index (χ1v) is 5.78. The average molecular weight is 241 g/mol. The van der Waals surface area contributed by atoms with Crippen molar-refractivity contribution in [2.75, 3.05) is 0 Å². The topological polar surface area (TPSA) is 49.3 Å². The van der Waals surface area contributed by atoms with Gasteiger partial charge in [-0.25, -0.2) is 0 Å². The van der Waals surface area contributed by atoms with Crippen molar-refractivity contribution in [2.45, 2.75) is 13.5 Å². The first kappa shape index (κ1) is 12.2. The molecule has 0 fully saturated rings. The lowest BCUT2D eigenvalue weighted by Gasteiger charge is -2.08. The van der Waals surface area contributed by atoms with Gasteiger partial charge in [0.15, 0.2) is 0 Å². The first-order chi connectivity index (χ1) is 8.66. The van der Waals surface area contributed by atoms with Gasteiger partial charge in [0.25, 0.3) is 0 Å². The maximum atomic E-state index is 10.8. The molecule has 0 spiro atoms. The molecule has 0 bridgehead atoms. The van der Waals surface area contributed by atoms with Crippen LogP contribution in [0.4, 0.5) is 0 Å². The molecule has 0 heterocycles. The summed E-state index contributed by atoms with van der Waals surface area (Å²) in [5, 5.41) is 12.7. The van der Waals surface area contributed by atoms with E-state index in [1.165, 1.54) is 6.92 Å². The van der Waals surface area contributed by atoms with Crippen molar-refractivity contribution >= 4 is 5.91 Å². The van der Waals surface area contributed by atoms with Crippen molar-refractivity contribution < 1.29 is 9.90 Å². The number of phenols is 1. The van der Waals surface area contributed by atoms with Crippen molar-refractivity contribution in [3.05, 3.63) is 54.1 Å². The third-order valence-corrected chi connectivity index (χ3v) is 2.69. The minimum Gasteiger partial charge on any atom is -0.507 e. The fraction of sp³-hybridized carbons (Fsp3) is 0.133. The highest BCUT2D eigenvalue weighted by Gasteiger charge is 2.05. The standard InChI is InChI=1S/C15H15NO2/c1-11(17)16-10-12-7-8-14(15(18)9-12)13-5-3-2-4-6-13/h2-9,18H,10H2,1H3,(H,16,17). The molecular weight excluding hydrogens is 226 g/mol. The summed E-state index contributed by atoms with van der Waals surface area (Å²) in [4.78, 5) is 10.8. The molecule has 0 aliphatic heterocycles. The van der Waals surface area contributed by atoms with E-state index in [1.807, 2.05) is 42.5 Å². The van der Waals surface area contributed by atoms with Crippen molar-refractivity contribution in [3.8, 4) is 16.9 Å². The van der Waals surface area contributed by atoms with E-state index >= 15 is 0 Å². The minimum absolute atomic E-state index is 0.0818. The van der Waals surface area contributed by atoms with Crippen LogP contribution in [-0.2, 0) is 11.3 Å². The Balaban J connectivity index is 2.23. The van der Waals surface area contributed by atoms with Gasteiger partial charge in [0.1, 0.15) is 5.75 Å². The molecule has 0 radical (unpaired) electrons. The van der Waals surface area contributed by atoms with E-state index in [1.54, 1.807) is 6.07 Å². The van der Waals surface area contributed by atoms with Crippen LogP contribution in [0.25, 0.3) is 11.1 Å². The van der Waals surface area contributed by atoms with Gasteiger partial charge in [0.05, 0.1) is 0 Å². The largest absolute Gasteiger partial charge is 0.507 e. The van der Waals surface area contributed by atoms with Crippen molar-refractivity contribution in [1.29, 1.82) is 0 Å². The number of phenolic OH excluding ortho intramolecular Hbond substituents is 1. The molecule has 0 atom stereocenters. The van der Waals surface area contributed by atoms with Crippen molar-refractivity contribution in [3.63, 3.8) is 0 Å². The lowest BCUT2D eigenvalue weighted by molar-refractivity contribution is -0.119. The van der Waals surface area contributed by atoms with Gasteiger partial charge in [-0.3, -0.25) is 4.79 Å². The number of amides is 1. The fourth-order valence-corrected chi connectivity index (χ4v) is 1.78. The van der Waals surface area contributed by atoms with Crippen LogP contribution in [0, 0.1) is 0 Å². The zero-order valence-electron chi connectivity index (χ0n) is 10.2. The molecule has 0 unspecified atom stereocenters. The molecule has 2 N–H and O–H groups in total. The molecule has 0 aliphatic rings. The number of rotatable bonds is 3. The molecule has 0 aliphatic carbocycles. The highest BCUT2D eigenvalue weighted by molar-refractivity contribution is 5.73. The van der Waals surface area contributed by atoms with Gasteiger partial charge in [-0.1, -0.05) is 42.5 Å². The Morgan fingerprint density at radius 2 is 1.89 bits per heavy atom. The van der Waals surface area contributed by atoms with Crippen LogP contribution >= 0.6 is 0 Å². The van der Waals surface area contributed by atoms with Crippen molar-refractivity contribution in [2.24, 2.45) is 0 Å². The predicted octanol–water partition coefficient (Wildman–Crippen LogP) is 2.70. The third-order valence-electron chi connectivity index (χ3n) is 2.69. The Bertz CT molecular complexity index is 550. The van der Waals surface area contributed by atoms with Crippen LogP contribution in [0.2, 0.25) is 0 Å². The molecule has 3 nitrogen and oxygen atoms in total. The highest BCUT2D eigenvalue weighted by atomic mass is 16.3. The SMILES string of the molecule is CC(=O)NCc1ccc(-c2ccccc2)c(O)c1. The summed E-state index contributed by atoms with van der Waals surface area (Å²) < 4.78 is 0. The molecule has 3 heteroatoms. The molecule has 92 valence electrons.